The highest BCUT2D eigenvalue weighted by Crippen LogP contribution is 2.24. The van der Waals surface area contributed by atoms with Crippen LogP contribution in [-0.4, -0.2) is 9.97 Å². The van der Waals surface area contributed by atoms with Crippen LogP contribution in [0.5, 0.6) is 0 Å². The van der Waals surface area contributed by atoms with Crippen LogP contribution in [0.4, 0.5) is 11.4 Å². The van der Waals surface area contributed by atoms with Crippen molar-refractivity contribution in [3.05, 3.63) is 52.3 Å². The quantitative estimate of drug-likeness (QED) is 0.849. The third-order valence-electron chi connectivity index (χ3n) is 2.40. The number of pyridine rings is 1. The van der Waals surface area contributed by atoms with Gasteiger partial charge in [-0.3, -0.25) is 4.98 Å². The Morgan fingerprint density at radius 3 is 2.78 bits per heavy atom. The highest BCUT2D eigenvalue weighted by atomic mass is 79.9. The van der Waals surface area contributed by atoms with Crippen LogP contribution < -0.4 is 11.1 Å². The number of hydrogen-bond donors (Lipinski definition) is 2. The summed E-state index contributed by atoms with van der Waals surface area (Å²) in [7, 11) is 0. The van der Waals surface area contributed by atoms with Gasteiger partial charge in [-0.1, -0.05) is 28.1 Å². The van der Waals surface area contributed by atoms with Gasteiger partial charge in [0.1, 0.15) is 4.99 Å². The number of halogens is 1. The van der Waals surface area contributed by atoms with Crippen molar-refractivity contribution in [3.63, 3.8) is 0 Å². The second-order valence-corrected chi connectivity index (χ2v) is 5.29. The molecule has 1 aromatic heterocycles. The molecule has 0 aliphatic carbocycles. The first-order valence-corrected chi connectivity index (χ1v) is 6.54. The van der Waals surface area contributed by atoms with Crippen LogP contribution in [0.3, 0.4) is 0 Å². The summed E-state index contributed by atoms with van der Waals surface area (Å²) in [5.74, 6) is 0. The number of nitrogens with one attached hydrogen (secondary N) is 1. The van der Waals surface area contributed by atoms with E-state index >= 15 is 0 Å². The van der Waals surface area contributed by atoms with E-state index in [9.17, 15) is 0 Å². The molecule has 0 aliphatic heterocycles. The summed E-state index contributed by atoms with van der Waals surface area (Å²) < 4.78 is 0.943. The lowest BCUT2D eigenvalue weighted by Gasteiger charge is -2.11. The smallest absolute Gasteiger partial charge is 0.106 e. The number of rotatable bonds is 3. The number of benzene rings is 1. The molecule has 0 atom stereocenters. The maximum Gasteiger partial charge on any atom is 0.106 e. The van der Waals surface area contributed by atoms with Gasteiger partial charge in [-0.05, 0) is 36.8 Å². The summed E-state index contributed by atoms with van der Waals surface area (Å²) in [4.78, 5) is 4.50. The topological polar surface area (TPSA) is 50.9 Å². The lowest BCUT2D eigenvalue weighted by Crippen LogP contribution is -2.12. The van der Waals surface area contributed by atoms with E-state index in [-0.39, 0.29) is 0 Å². The largest absolute Gasteiger partial charge is 0.389 e. The standard InChI is InChI=1S/C13H12BrN3S/c1-8-4-10(7-16-6-8)17-12-3-2-9(14)5-11(12)13(15)18/h2-7,17H,1H3,(H2,15,18). The molecular weight excluding hydrogens is 310 g/mol. The zero-order valence-corrected chi connectivity index (χ0v) is 12.2. The lowest BCUT2D eigenvalue weighted by atomic mass is 10.1. The van der Waals surface area contributed by atoms with Gasteiger partial charge in [0.05, 0.1) is 11.9 Å². The first-order chi connectivity index (χ1) is 8.56. The molecule has 92 valence electrons. The SMILES string of the molecule is Cc1cncc(Nc2ccc(Br)cc2C(N)=S)c1. The summed E-state index contributed by atoms with van der Waals surface area (Å²) in [6.45, 7) is 1.99. The maximum atomic E-state index is 5.72. The van der Waals surface area contributed by atoms with Crippen molar-refractivity contribution in [1.29, 1.82) is 0 Å². The van der Waals surface area contributed by atoms with E-state index in [0.29, 0.717) is 4.99 Å². The van der Waals surface area contributed by atoms with Crippen LogP contribution >= 0.6 is 28.1 Å². The minimum Gasteiger partial charge on any atom is -0.389 e. The summed E-state index contributed by atoms with van der Waals surface area (Å²) >= 11 is 8.46. The molecule has 0 aliphatic rings. The predicted molar refractivity (Wildman–Crippen MR) is 82.3 cm³/mol. The van der Waals surface area contributed by atoms with Crippen molar-refractivity contribution in [3.8, 4) is 0 Å². The fourth-order valence-corrected chi connectivity index (χ4v) is 2.14. The monoisotopic (exact) mass is 321 g/mol. The first kappa shape index (κ1) is 13.0. The van der Waals surface area contributed by atoms with Crippen LogP contribution in [0.2, 0.25) is 0 Å². The van der Waals surface area contributed by atoms with Gasteiger partial charge in [-0.25, -0.2) is 0 Å². The number of hydrogen-bond acceptors (Lipinski definition) is 3. The van der Waals surface area contributed by atoms with Crippen LogP contribution in [0.15, 0.2) is 41.1 Å². The average molecular weight is 322 g/mol. The second-order valence-electron chi connectivity index (χ2n) is 3.93. The van der Waals surface area contributed by atoms with Crippen LogP contribution in [0.25, 0.3) is 0 Å². The third-order valence-corrected chi connectivity index (χ3v) is 3.11. The Bertz CT molecular complexity index is 599. The molecular formula is C13H12BrN3S. The van der Waals surface area contributed by atoms with E-state index in [0.717, 1.165) is 27.0 Å². The van der Waals surface area contributed by atoms with Crippen molar-refractivity contribution in [1.82, 2.24) is 4.98 Å². The van der Waals surface area contributed by atoms with Gasteiger partial charge in [-0.15, -0.1) is 0 Å². The fourth-order valence-electron chi connectivity index (χ4n) is 1.61. The second kappa shape index (κ2) is 5.46. The molecule has 2 rings (SSSR count). The number of nitrogens with zero attached hydrogens (tertiary/aromatic N) is 1. The van der Waals surface area contributed by atoms with E-state index < -0.39 is 0 Å². The van der Waals surface area contributed by atoms with Crippen LogP contribution in [-0.2, 0) is 0 Å². The average Bonchev–Trinajstić information content (AvgIpc) is 2.31. The Labute approximate surface area is 120 Å². The minimum absolute atomic E-state index is 0.361. The number of thiocarbonyl (C=S) groups is 1. The predicted octanol–water partition coefficient (Wildman–Crippen LogP) is 3.53. The van der Waals surface area contributed by atoms with Crippen molar-refractivity contribution < 1.29 is 0 Å². The van der Waals surface area contributed by atoms with Crippen molar-refractivity contribution >= 4 is 44.5 Å². The van der Waals surface area contributed by atoms with Crippen molar-refractivity contribution in [2.24, 2.45) is 5.73 Å². The van der Waals surface area contributed by atoms with E-state index in [1.54, 1.807) is 12.4 Å². The molecule has 1 aromatic carbocycles. The molecule has 1 heterocycles. The Morgan fingerprint density at radius 1 is 1.33 bits per heavy atom. The Balaban J connectivity index is 2.37. The van der Waals surface area contributed by atoms with Crippen LogP contribution in [0, 0.1) is 6.92 Å². The number of aromatic nitrogens is 1. The molecule has 3 nitrogen and oxygen atoms in total. The lowest BCUT2D eigenvalue weighted by molar-refractivity contribution is 1.26. The minimum atomic E-state index is 0.361. The summed E-state index contributed by atoms with van der Waals surface area (Å²) in [5, 5.41) is 3.27. The van der Waals surface area contributed by atoms with Gasteiger partial charge >= 0.3 is 0 Å². The molecule has 0 fully saturated rings. The van der Waals surface area contributed by atoms with Gasteiger partial charge in [0.15, 0.2) is 0 Å². The maximum absolute atomic E-state index is 5.72. The molecule has 0 saturated carbocycles. The summed E-state index contributed by atoms with van der Waals surface area (Å²) in [5.41, 5.74) is 9.41. The van der Waals surface area contributed by atoms with E-state index in [4.69, 9.17) is 18.0 Å². The normalized spacial score (nSPS) is 10.1. The summed E-state index contributed by atoms with van der Waals surface area (Å²) in [6, 6.07) is 7.78. The van der Waals surface area contributed by atoms with E-state index in [1.807, 2.05) is 31.2 Å². The zero-order valence-electron chi connectivity index (χ0n) is 9.77. The summed E-state index contributed by atoms with van der Waals surface area (Å²) in [6.07, 6.45) is 3.57. The van der Waals surface area contributed by atoms with Gasteiger partial charge in [-0.2, -0.15) is 0 Å². The number of aryl methyl sites for hydroxylation is 1. The molecule has 5 heteroatoms. The number of nitrogens with two attached hydrogens (primary N) is 1. The third kappa shape index (κ3) is 3.05. The van der Waals surface area contributed by atoms with Gasteiger partial charge in [0.25, 0.3) is 0 Å². The van der Waals surface area contributed by atoms with E-state index in [1.165, 1.54) is 0 Å². The Hall–Kier alpha value is -1.46. The Kier molecular flexibility index (Phi) is 3.93. The molecule has 0 radical (unpaired) electrons. The molecule has 0 bridgehead atoms. The van der Waals surface area contributed by atoms with Crippen molar-refractivity contribution in [2.45, 2.75) is 6.92 Å². The van der Waals surface area contributed by atoms with Gasteiger partial charge in [0, 0.05) is 21.9 Å². The van der Waals surface area contributed by atoms with Gasteiger partial charge in [0.2, 0.25) is 0 Å². The highest BCUT2D eigenvalue weighted by molar-refractivity contribution is 9.10. The molecule has 0 amide bonds. The zero-order chi connectivity index (χ0) is 13.1. The molecule has 3 N–H and O–H groups in total. The molecule has 0 unspecified atom stereocenters. The Morgan fingerprint density at radius 2 is 2.11 bits per heavy atom. The fraction of sp³-hybridized carbons (Fsp3) is 0.0769. The molecule has 2 aromatic rings. The van der Waals surface area contributed by atoms with Crippen molar-refractivity contribution in [2.75, 3.05) is 5.32 Å². The first-order valence-electron chi connectivity index (χ1n) is 5.34. The van der Waals surface area contributed by atoms with E-state index in [2.05, 4.69) is 26.2 Å². The van der Waals surface area contributed by atoms with Crippen LogP contribution in [0.1, 0.15) is 11.1 Å². The number of anilines is 2. The molecule has 0 spiro atoms. The molecule has 0 saturated heterocycles. The highest BCUT2D eigenvalue weighted by Gasteiger charge is 2.06. The van der Waals surface area contributed by atoms with Gasteiger partial charge < -0.3 is 11.1 Å². The molecule has 18 heavy (non-hydrogen) atoms.